The zero-order valence-corrected chi connectivity index (χ0v) is 38.1. The van der Waals surface area contributed by atoms with Crippen LogP contribution in [0.2, 0.25) is 10.0 Å². The molecule has 3 aliphatic rings. The molecule has 0 saturated heterocycles. The van der Waals surface area contributed by atoms with Crippen molar-refractivity contribution in [3.63, 3.8) is 0 Å². The molecule has 0 radical (unpaired) electrons. The van der Waals surface area contributed by atoms with Gasteiger partial charge >= 0.3 is 120 Å². The summed E-state index contributed by atoms with van der Waals surface area (Å²) in [7, 11) is 0. The molecule has 54 heavy (non-hydrogen) atoms. The van der Waals surface area contributed by atoms with Crippen molar-refractivity contribution in [2.45, 2.75) is 93.9 Å². The normalized spacial score (nSPS) is 17.9. The Hall–Kier alpha value is -2.96. The van der Waals surface area contributed by atoms with Crippen molar-refractivity contribution in [1.82, 2.24) is 0 Å². The van der Waals surface area contributed by atoms with Gasteiger partial charge in [0.25, 0.3) is 0 Å². The Morgan fingerprint density at radius 3 is 1.43 bits per heavy atom. The molecule has 0 amide bonds. The van der Waals surface area contributed by atoms with Crippen molar-refractivity contribution in [3.05, 3.63) is 158 Å². The van der Waals surface area contributed by atoms with E-state index in [0.29, 0.717) is 5.92 Å². The standard InChI is InChI=1S/C31H37.C13H8Cl2.C7H9.Zr/c1-28(2,3)26-16-30(7,8)24-12-18-11-19-13-25-23(15-21(19)20(18)14-22(24)26)27(29(4,5)6)17-31(25,9)10;14-12-5-1-3-10(8-12)7-11-4-2-6-13(15)9-11;1-6-3-4-7(2)5-6;/h11-17H,1-10H3;1-6,8-9H;3,5,7H,1-2H3;/q-1;;-1;+2. The van der Waals surface area contributed by atoms with Crippen molar-refractivity contribution in [2.24, 2.45) is 16.7 Å². The third-order valence-corrected chi connectivity index (χ3v) is 12.8. The summed E-state index contributed by atoms with van der Waals surface area (Å²) in [6, 6.07) is 28.1. The summed E-state index contributed by atoms with van der Waals surface area (Å²) in [5.41, 5.74) is 12.9. The number of benzene rings is 4. The number of rotatable bonds is 2. The van der Waals surface area contributed by atoms with Gasteiger partial charge in [0.05, 0.1) is 0 Å². The molecule has 0 spiro atoms. The van der Waals surface area contributed by atoms with Crippen molar-refractivity contribution >= 4 is 59.1 Å². The van der Waals surface area contributed by atoms with E-state index in [0.717, 1.165) is 21.2 Å². The van der Waals surface area contributed by atoms with E-state index in [4.69, 9.17) is 23.2 Å². The van der Waals surface area contributed by atoms with Gasteiger partial charge in [0.1, 0.15) is 0 Å². The van der Waals surface area contributed by atoms with Crippen LogP contribution in [0.15, 0.2) is 109 Å². The van der Waals surface area contributed by atoms with Gasteiger partial charge in [0, 0.05) is 10.8 Å². The molecule has 1 atom stereocenters. The van der Waals surface area contributed by atoms with Gasteiger partial charge in [0.15, 0.2) is 0 Å². The van der Waals surface area contributed by atoms with Gasteiger partial charge in [-0.2, -0.15) is 6.08 Å². The van der Waals surface area contributed by atoms with Crippen molar-refractivity contribution in [3.8, 4) is 0 Å². The molecule has 0 N–H and O–H groups in total. The first-order valence-electron chi connectivity index (χ1n) is 19.1. The SMILES string of the molecule is CC(C)(C)C1=CC(C)(C)c2cc3[cH-]c4cc5c(cc4c3cc21)C(C(C)(C)C)=CC5(C)C.CC1=CC(C)[C-]=C1.Clc1cccc([C](=[Zr+2])c2cccc(Cl)c2)c1. The van der Waals surface area contributed by atoms with Crippen molar-refractivity contribution < 1.29 is 24.2 Å². The van der Waals surface area contributed by atoms with E-state index in [1.54, 1.807) is 0 Å². The van der Waals surface area contributed by atoms with E-state index < -0.39 is 0 Å². The Balaban J connectivity index is 0.000000179. The molecule has 0 aromatic heterocycles. The molecular weight excluding hydrogens is 775 g/mol. The predicted molar refractivity (Wildman–Crippen MR) is 235 cm³/mol. The average molecular weight is 829 g/mol. The second kappa shape index (κ2) is 14.8. The van der Waals surface area contributed by atoms with Gasteiger partial charge in [-0.1, -0.05) is 117 Å². The maximum atomic E-state index is 5.98. The first kappa shape index (κ1) is 40.7. The summed E-state index contributed by atoms with van der Waals surface area (Å²) in [6.07, 6.45) is 12.4. The van der Waals surface area contributed by atoms with Crippen LogP contribution in [0.5, 0.6) is 0 Å². The van der Waals surface area contributed by atoms with E-state index in [2.05, 4.69) is 150 Å². The molecular formula is C51H54Cl2Zr. The molecule has 1 unspecified atom stereocenters. The molecule has 5 aromatic carbocycles. The molecule has 0 fully saturated rings. The number of fused-ring (bicyclic) bond motifs is 5. The summed E-state index contributed by atoms with van der Waals surface area (Å²) in [5.74, 6) is 0.556. The third-order valence-electron chi connectivity index (χ3n) is 10.9. The Labute approximate surface area is 349 Å². The van der Waals surface area contributed by atoms with Crippen LogP contribution in [0.1, 0.15) is 116 Å². The maximum absolute atomic E-state index is 5.98. The van der Waals surface area contributed by atoms with Crippen LogP contribution in [0.4, 0.5) is 0 Å². The third kappa shape index (κ3) is 8.41. The van der Waals surface area contributed by atoms with E-state index >= 15 is 0 Å². The molecule has 0 nitrogen and oxygen atoms in total. The second-order valence-electron chi connectivity index (χ2n) is 18.6. The zero-order valence-electron chi connectivity index (χ0n) is 34.1. The van der Waals surface area contributed by atoms with E-state index in [1.807, 2.05) is 42.5 Å². The Kier molecular flexibility index (Phi) is 11.2. The first-order valence-corrected chi connectivity index (χ1v) is 21.1. The topological polar surface area (TPSA) is 0 Å². The van der Waals surface area contributed by atoms with Crippen LogP contribution in [0.3, 0.4) is 0 Å². The number of allylic oxidation sites excluding steroid dienone is 8. The van der Waals surface area contributed by atoms with Gasteiger partial charge in [-0.15, -0.1) is 46.7 Å². The van der Waals surface area contributed by atoms with Crippen LogP contribution in [-0.4, -0.2) is 3.21 Å². The molecule has 8 rings (SSSR count). The van der Waals surface area contributed by atoms with E-state index in [1.165, 1.54) is 88.0 Å². The number of halogens is 2. The Morgan fingerprint density at radius 2 is 1.11 bits per heavy atom. The summed E-state index contributed by atoms with van der Waals surface area (Å²) in [6.45, 7) is 27.7. The van der Waals surface area contributed by atoms with Gasteiger partial charge in [-0.05, 0) is 33.1 Å². The fraction of sp³-hybridized carbons (Fsp3) is 0.333. The summed E-state index contributed by atoms with van der Waals surface area (Å²) in [4.78, 5) is 0. The molecule has 0 heterocycles. The minimum atomic E-state index is 0.0848. The summed E-state index contributed by atoms with van der Waals surface area (Å²) >= 11 is 13.3. The number of hydrogen-bond acceptors (Lipinski definition) is 0. The van der Waals surface area contributed by atoms with E-state index in [9.17, 15) is 0 Å². The molecule has 5 aromatic rings. The quantitative estimate of drug-likeness (QED) is 0.156. The van der Waals surface area contributed by atoms with Gasteiger partial charge in [0.2, 0.25) is 0 Å². The second-order valence-corrected chi connectivity index (χ2v) is 20.7. The Bertz CT molecular complexity index is 2260. The van der Waals surface area contributed by atoms with Gasteiger partial charge < -0.3 is 0 Å². The van der Waals surface area contributed by atoms with Crippen LogP contribution < -0.4 is 0 Å². The van der Waals surface area contributed by atoms with Crippen LogP contribution in [0.25, 0.3) is 32.7 Å². The van der Waals surface area contributed by atoms with Gasteiger partial charge in [-0.25, -0.2) is 11.6 Å². The van der Waals surface area contributed by atoms with E-state index in [-0.39, 0.29) is 21.7 Å². The number of hydrogen-bond donors (Lipinski definition) is 0. The minimum absolute atomic E-state index is 0.0848. The molecule has 3 aliphatic carbocycles. The van der Waals surface area contributed by atoms with Gasteiger partial charge in [-0.3, -0.25) is 6.08 Å². The van der Waals surface area contributed by atoms with Crippen molar-refractivity contribution in [1.29, 1.82) is 0 Å². The first-order chi connectivity index (χ1) is 25.0. The molecule has 3 heteroatoms. The fourth-order valence-electron chi connectivity index (χ4n) is 8.10. The monoisotopic (exact) mass is 826 g/mol. The molecule has 276 valence electrons. The molecule has 0 aliphatic heterocycles. The molecule has 0 saturated carbocycles. The van der Waals surface area contributed by atoms with Crippen LogP contribution in [0, 0.1) is 22.8 Å². The average Bonchev–Trinajstić information content (AvgIpc) is 3.79. The van der Waals surface area contributed by atoms with Crippen LogP contribution in [-0.2, 0) is 35.1 Å². The fourth-order valence-corrected chi connectivity index (χ4v) is 9.24. The zero-order chi connectivity index (χ0) is 39.5. The van der Waals surface area contributed by atoms with Crippen LogP contribution >= 0.6 is 23.2 Å². The Morgan fingerprint density at radius 1 is 0.685 bits per heavy atom. The van der Waals surface area contributed by atoms with Crippen molar-refractivity contribution in [2.75, 3.05) is 0 Å². The summed E-state index contributed by atoms with van der Waals surface area (Å²) < 4.78 is 1.26. The summed E-state index contributed by atoms with van der Waals surface area (Å²) in [5, 5.41) is 7.10. The molecule has 0 bridgehead atoms. The predicted octanol–water partition coefficient (Wildman–Crippen LogP) is 15.2.